The van der Waals surface area contributed by atoms with Crippen molar-refractivity contribution in [3.05, 3.63) is 21.4 Å². The van der Waals surface area contributed by atoms with Crippen LogP contribution in [0.4, 0.5) is 0 Å². The molecule has 0 saturated carbocycles. The molecule has 2 aromatic rings. The van der Waals surface area contributed by atoms with Crippen molar-refractivity contribution in [3.8, 4) is 34.1 Å². The molecule has 2 aromatic carbocycles. The van der Waals surface area contributed by atoms with Gasteiger partial charge in [-0.3, -0.25) is 0 Å². The minimum atomic E-state index is -0.0433. The number of halogens is 6. The van der Waals surface area contributed by atoms with Crippen LogP contribution < -0.4 is 18.9 Å². The van der Waals surface area contributed by atoms with Gasteiger partial charge in [0.25, 0.3) is 0 Å². The summed E-state index contributed by atoms with van der Waals surface area (Å²) in [7, 11) is 0. The van der Waals surface area contributed by atoms with Gasteiger partial charge in [0.15, 0.2) is 23.0 Å². The van der Waals surface area contributed by atoms with E-state index < -0.39 is 0 Å². The molecule has 0 radical (unpaired) electrons. The van der Waals surface area contributed by atoms with Gasteiger partial charge in [-0.15, -0.1) is 0 Å². The maximum atomic E-state index is 8.94. The largest absolute Gasteiger partial charge is 0.489 e. The van der Waals surface area contributed by atoms with Crippen molar-refractivity contribution in [1.82, 2.24) is 0 Å². The smallest absolute Gasteiger partial charge is 0.150 e. The summed E-state index contributed by atoms with van der Waals surface area (Å²) in [5.74, 6) is 2.53. The van der Waals surface area contributed by atoms with Gasteiger partial charge in [-0.2, -0.15) is 0 Å². The molecular weight excluding hydrogens is 1450 g/mol. The van der Waals surface area contributed by atoms with Crippen molar-refractivity contribution in [2.75, 3.05) is 159 Å². The predicted molar refractivity (Wildman–Crippen MR) is 265 cm³/mol. The fraction of sp³-hybridized carbons (Fsp3) is 0.667. The lowest BCUT2D eigenvalue weighted by atomic mass is 10.0. The highest BCUT2D eigenvalue weighted by atomic mass is 127. The third-order valence-corrected chi connectivity index (χ3v) is 13.1. The van der Waals surface area contributed by atoms with Crippen molar-refractivity contribution in [2.24, 2.45) is 0 Å². The van der Waals surface area contributed by atoms with Gasteiger partial charge in [-0.05, 0) is 136 Å². The second-order valence-electron chi connectivity index (χ2n) is 11.1. The minimum Gasteiger partial charge on any atom is -0.489 e. The fourth-order valence-electron chi connectivity index (χ4n) is 4.54. The molecule has 2 rings (SSSR count). The first kappa shape index (κ1) is 55.7. The molecule has 16 nitrogen and oxygen atoms in total. The molecule has 0 fully saturated rings. The molecule has 4 N–H and O–H groups in total. The van der Waals surface area contributed by atoms with Gasteiger partial charge in [0.05, 0.1) is 154 Å². The molecule has 0 atom stereocenters. The summed E-state index contributed by atoms with van der Waals surface area (Å²) < 4.78 is 74.8. The van der Waals surface area contributed by atoms with E-state index in [1.54, 1.807) is 0 Å². The molecule has 0 amide bonds. The topological polar surface area (TPSA) is 192 Å². The van der Waals surface area contributed by atoms with E-state index in [9.17, 15) is 0 Å². The monoisotopic (exact) mass is 1500 g/mol. The summed E-state index contributed by atoms with van der Waals surface area (Å²) in [5, 5.41) is 35.8. The first-order chi connectivity index (χ1) is 28.3. The van der Waals surface area contributed by atoms with Gasteiger partial charge in [-0.25, -0.2) is 0 Å². The number of hydrogen-bond acceptors (Lipinski definition) is 16. The molecule has 0 aliphatic carbocycles. The number of aliphatic hydroxyl groups excluding tert-OH is 4. The van der Waals surface area contributed by atoms with E-state index in [4.69, 9.17) is 77.3 Å². The zero-order chi connectivity index (χ0) is 42.4. The summed E-state index contributed by atoms with van der Waals surface area (Å²) in [4.78, 5) is 0. The summed E-state index contributed by atoms with van der Waals surface area (Å²) in [6.07, 6.45) is 0. The second-order valence-corrected chi connectivity index (χ2v) is 17.6. The molecule has 0 heterocycles. The van der Waals surface area contributed by atoms with Gasteiger partial charge in [0, 0.05) is 11.1 Å². The van der Waals surface area contributed by atoms with Crippen molar-refractivity contribution in [1.29, 1.82) is 0 Å². The molecule has 0 bridgehead atoms. The quantitative estimate of drug-likeness (QED) is 0.0542. The molecule has 0 spiro atoms. The SMILES string of the molecule is OCCOCCOCCOc1c(I)c(OCCOCCOCCO)c(I)c(-c2c(I)c(OCCOCCOCCO)c(I)c(OCCOCCOCCO)c2I)c1I. The third-order valence-electron chi connectivity index (χ3n) is 7.05. The van der Waals surface area contributed by atoms with Gasteiger partial charge < -0.3 is 77.3 Å². The van der Waals surface area contributed by atoms with Crippen LogP contribution >= 0.6 is 136 Å². The molecule has 0 aliphatic rings. The van der Waals surface area contributed by atoms with E-state index in [1.165, 1.54) is 0 Å². The van der Waals surface area contributed by atoms with Crippen molar-refractivity contribution in [3.63, 3.8) is 0 Å². The zero-order valence-corrected chi connectivity index (χ0v) is 44.9. The van der Waals surface area contributed by atoms with Crippen LogP contribution in [0.3, 0.4) is 0 Å². The maximum Gasteiger partial charge on any atom is 0.150 e. The van der Waals surface area contributed by atoms with Crippen LogP contribution in [0.2, 0.25) is 0 Å². The van der Waals surface area contributed by atoms with Gasteiger partial charge in [-0.1, -0.05) is 0 Å². The Morgan fingerprint density at radius 2 is 0.414 bits per heavy atom. The lowest BCUT2D eigenvalue weighted by Crippen LogP contribution is -2.16. The predicted octanol–water partition coefficient (Wildman–Crippen LogP) is 4.60. The van der Waals surface area contributed by atoms with E-state index in [0.717, 1.165) is 32.5 Å². The van der Waals surface area contributed by atoms with Crippen LogP contribution in [0.15, 0.2) is 0 Å². The van der Waals surface area contributed by atoms with E-state index in [1.807, 2.05) is 0 Å². The Labute approximate surface area is 421 Å². The Morgan fingerprint density at radius 3 is 0.603 bits per heavy atom. The summed E-state index contributed by atoms with van der Waals surface area (Å²) in [6, 6.07) is 0. The zero-order valence-electron chi connectivity index (χ0n) is 31.9. The van der Waals surface area contributed by atoms with E-state index in [-0.39, 0.29) is 79.3 Å². The lowest BCUT2D eigenvalue weighted by molar-refractivity contribution is 0.0238. The van der Waals surface area contributed by atoms with Crippen molar-refractivity contribution < 1.29 is 77.3 Å². The van der Waals surface area contributed by atoms with Crippen LogP contribution in [0.25, 0.3) is 11.1 Å². The Balaban J connectivity index is 2.51. The van der Waals surface area contributed by atoms with Crippen molar-refractivity contribution in [2.45, 2.75) is 0 Å². The molecule has 0 aliphatic heterocycles. The van der Waals surface area contributed by atoms with Gasteiger partial charge >= 0.3 is 0 Å². The first-order valence-electron chi connectivity index (χ1n) is 18.2. The van der Waals surface area contributed by atoms with Gasteiger partial charge in [0.2, 0.25) is 0 Å². The standard InChI is InChI=1S/C36H52I6O16/c37-27-25(28(38)34(56-22-18-52-14-10-48-6-2-44)31(41)33(27)55-21-17-51-13-9-47-5-1-43)26-29(39)35(57-23-19-53-15-11-49-7-3-45)32(42)36(30(26)40)58-24-20-54-16-12-50-8-4-46/h43-46H,1-24H2. The molecule has 0 unspecified atom stereocenters. The van der Waals surface area contributed by atoms with Crippen LogP contribution in [-0.4, -0.2) is 179 Å². The Hall–Kier alpha value is 1.54. The third kappa shape index (κ3) is 21.0. The molecule has 334 valence electrons. The Kier molecular flexibility index (Phi) is 34.4. The van der Waals surface area contributed by atoms with Crippen LogP contribution in [0.5, 0.6) is 23.0 Å². The number of aliphatic hydroxyl groups is 4. The molecule has 58 heavy (non-hydrogen) atoms. The molecular formula is C36H52I6O16. The van der Waals surface area contributed by atoms with Crippen molar-refractivity contribution >= 4 is 136 Å². The Morgan fingerprint density at radius 1 is 0.241 bits per heavy atom. The second kappa shape index (κ2) is 35.8. The lowest BCUT2D eigenvalue weighted by Gasteiger charge is -2.24. The number of benzene rings is 2. The molecule has 22 heteroatoms. The first-order valence-corrected chi connectivity index (χ1v) is 24.7. The van der Waals surface area contributed by atoms with E-state index in [0.29, 0.717) is 102 Å². The maximum absolute atomic E-state index is 8.94. The van der Waals surface area contributed by atoms with Crippen LogP contribution in [-0.2, 0) is 37.9 Å². The highest BCUT2D eigenvalue weighted by molar-refractivity contribution is 14.1. The Bertz CT molecular complexity index is 1220. The van der Waals surface area contributed by atoms with Crippen LogP contribution in [0.1, 0.15) is 0 Å². The van der Waals surface area contributed by atoms with Crippen LogP contribution in [0, 0.1) is 21.4 Å². The number of hydrogen-bond donors (Lipinski definition) is 4. The average molecular weight is 1500 g/mol. The highest BCUT2D eigenvalue weighted by Gasteiger charge is 2.31. The van der Waals surface area contributed by atoms with E-state index >= 15 is 0 Å². The fourth-order valence-corrected chi connectivity index (χ4v) is 13.2. The minimum absolute atomic E-state index is 0.0433. The van der Waals surface area contributed by atoms with Gasteiger partial charge in [0.1, 0.15) is 26.4 Å². The summed E-state index contributed by atoms with van der Waals surface area (Å²) in [5.41, 5.74) is 1.75. The number of rotatable bonds is 37. The normalized spacial score (nSPS) is 11.4. The van der Waals surface area contributed by atoms with E-state index in [2.05, 4.69) is 136 Å². The summed E-state index contributed by atoms with van der Waals surface area (Å²) in [6.45, 7) is 6.12. The molecule has 0 aromatic heterocycles. The summed E-state index contributed by atoms with van der Waals surface area (Å²) >= 11 is 13.8. The highest BCUT2D eigenvalue weighted by Crippen LogP contribution is 2.52. The average Bonchev–Trinajstić information content (AvgIpc) is 3.21. The number of ether oxygens (including phenoxy) is 12. The molecule has 0 saturated heterocycles.